The molecule has 0 bridgehead atoms. The van der Waals surface area contributed by atoms with E-state index < -0.39 is 0 Å². The van der Waals surface area contributed by atoms with Gasteiger partial charge in [0.05, 0.1) is 6.54 Å². The third-order valence-electron chi connectivity index (χ3n) is 5.12. The van der Waals surface area contributed by atoms with E-state index in [2.05, 4.69) is 17.0 Å². The van der Waals surface area contributed by atoms with E-state index in [4.69, 9.17) is 27.1 Å². The van der Waals surface area contributed by atoms with Gasteiger partial charge in [-0.1, -0.05) is 29.8 Å². The first-order chi connectivity index (χ1) is 11.2. The number of nitrogens with zero attached hydrogens (tertiary/aromatic N) is 2. The molecular formula is C18H27ClIN3O. The lowest BCUT2D eigenvalue weighted by molar-refractivity contribution is 0.0530. The van der Waals surface area contributed by atoms with Gasteiger partial charge in [-0.25, -0.2) is 0 Å². The van der Waals surface area contributed by atoms with Crippen LogP contribution in [0, 0.1) is 0 Å². The van der Waals surface area contributed by atoms with Crippen LogP contribution in [0.2, 0.25) is 5.02 Å². The number of likely N-dealkylation sites (tertiary alicyclic amines) is 1. The van der Waals surface area contributed by atoms with E-state index in [-0.39, 0.29) is 29.4 Å². The van der Waals surface area contributed by atoms with Gasteiger partial charge in [-0.3, -0.25) is 4.99 Å². The second kappa shape index (κ2) is 9.25. The average molecular weight is 464 g/mol. The zero-order chi connectivity index (χ0) is 16.1. The summed E-state index contributed by atoms with van der Waals surface area (Å²) < 4.78 is 5.58. The van der Waals surface area contributed by atoms with Crippen LogP contribution in [-0.2, 0) is 10.2 Å². The first kappa shape index (κ1) is 19.8. The van der Waals surface area contributed by atoms with E-state index in [0.717, 1.165) is 44.2 Å². The highest BCUT2D eigenvalue weighted by Gasteiger charge is 2.36. The van der Waals surface area contributed by atoms with Gasteiger partial charge < -0.3 is 15.4 Å². The maximum absolute atomic E-state index is 6.48. The molecule has 3 rings (SSSR count). The van der Waals surface area contributed by atoms with Crippen LogP contribution < -0.4 is 5.73 Å². The van der Waals surface area contributed by atoms with Crippen LogP contribution in [0.15, 0.2) is 29.3 Å². The number of halogens is 2. The molecule has 6 heteroatoms. The Kier molecular flexibility index (Phi) is 7.62. The monoisotopic (exact) mass is 463 g/mol. The lowest BCUT2D eigenvalue weighted by Gasteiger charge is -2.37. The first-order valence-corrected chi connectivity index (χ1v) is 8.97. The lowest BCUT2D eigenvalue weighted by Crippen LogP contribution is -2.43. The van der Waals surface area contributed by atoms with Crippen molar-refractivity contribution in [2.75, 3.05) is 32.8 Å². The highest BCUT2D eigenvalue weighted by molar-refractivity contribution is 14.0. The molecule has 0 radical (unpaired) electrons. The average Bonchev–Trinajstić information content (AvgIpc) is 2.61. The van der Waals surface area contributed by atoms with E-state index in [1.807, 2.05) is 12.1 Å². The van der Waals surface area contributed by atoms with Crippen molar-refractivity contribution in [2.24, 2.45) is 10.7 Å². The molecule has 0 unspecified atom stereocenters. The maximum atomic E-state index is 6.48. The molecule has 0 spiro atoms. The molecule has 134 valence electrons. The minimum atomic E-state index is -0.0585. The van der Waals surface area contributed by atoms with Gasteiger partial charge in [-0.2, -0.15) is 0 Å². The van der Waals surface area contributed by atoms with Gasteiger partial charge in [-0.05, 0) is 43.7 Å². The summed E-state index contributed by atoms with van der Waals surface area (Å²) in [4.78, 5) is 6.98. The Balaban J connectivity index is 0.00000208. The largest absolute Gasteiger partial charge is 0.381 e. The first-order valence-electron chi connectivity index (χ1n) is 8.59. The maximum Gasteiger partial charge on any atom is 0.191 e. The molecule has 2 fully saturated rings. The van der Waals surface area contributed by atoms with Crippen molar-refractivity contribution in [3.05, 3.63) is 34.9 Å². The molecule has 2 aliphatic heterocycles. The molecule has 0 aromatic heterocycles. The molecule has 2 heterocycles. The fourth-order valence-corrected chi connectivity index (χ4v) is 3.96. The molecule has 0 atom stereocenters. The fourth-order valence-electron chi connectivity index (χ4n) is 3.62. The van der Waals surface area contributed by atoms with Crippen LogP contribution in [0.25, 0.3) is 0 Å². The molecule has 0 amide bonds. The normalized spacial score (nSPS) is 21.2. The van der Waals surface area contributed by atoms with E-state index in [1.54, 1.807) is 0 Å². The third kappa shape index (κ3) is 4.55. The third-order valence-corrected chi connectivity index (χ3v) is 5.45. The molecule has 2 aliphatic rings. The number of piperidine rings is 1. The summed E-state index contributed by atoms with van der Waals surface area (Å²) in [6.45, 7) is 4.24. The van der Waals surface area contributed by atoms with Crippen LogP contribution in [-0.4, -0.2) is 43.7 Å². The predicted molar refractivity (Wildman–Crippen MR) is 111 cm³/mol. The van der Waals surface area contributed by atoms with Crippen LogP contribution in [0.3, 0.4) is 0 Å². The Labute approximate surface area is 166 Å². The predicted octanol–water partition coefficient (Wildman–Crippen LogP) is 3.81. The van der Waals surface area contributed by atoms with Crippen molar-refractivity contribution in [1.29, 1.82) is 0 Å². The van der Waals surface area contributed by atoms with Gasteiger partial charge in [0, 0.05) is 36.7 Å². The minimum Gasteiger partial charge on any atom is -0.381 e. The van der Waals surface area contributed by atoms with Crippen LogP contribution in [0.4, 0.5) is 0 Å². The number of hydrogen-bond acceptors (Lipinski definition) is 2. The summed E-state index contributed by atoms with van der Waals surface area (Å²) in [6.07, 6.45) is 5.59. The number of benzene rings is 1. The highest BCUT2D eigenvalue weighted by atomic mass is 127. The second-order valence-corrected chi connectivity index (χ2v) is 7.00. The summed E-state index contributed by atoms with van der Waals surface area (Å²) in [5.41, 5.74) is 7.37. The van der Waals surface area contributed by atoms with Gasteiger partial charge in [0.15, 0.2) is 5.96 Å². The van der Waals surface area contributed by atoms with Gasteiger partial charge in [-0.15, -0.1) is 24.0 Å². The molecule has 24 heavy (non-hydrogen) atoms. The van der Waals surface area contributed by atoms with Crippen molar-refractivity contribution < 1.29 is 4.74 Å². The summed E-state index contributed by atoms with van der Waals surface area (Å²) >= 11 is 6.48. The van der Waals surface area contributed by atoms with Crippen molar-refractivity contribution in [2.45, 2.75) is 37.5 Å². The summed E-state index contributed by atoms with van der Waals surface area (Å²) in [6, 6.07) is 8.12. The van der Waals surface area contributed by atoms with Crippen LogP contribution >= 0.6 is 35.6 Å². The number of ether oxygens (including phenoxy) is 1. The number of guanidine groups is 1. The van der Waals surface area contributed by atoms with Crippen molar-refractivity contribution in [1.82, 2.24) is 4.90 Å². The Morgan fingerprint density at radius 3 is 2.50 bits per heavy atom. The van der Waals surface area contributed by atoms with Crippen LogP contribution in [0.1, 0.15) is 37.7 Å². The number of aliphatic imine (C=N–C) groups is 1. The smallest absolute Gasteiger partial charge is 0.191 e. The molecule has 0 saturated carbocycles. The zero-order valence-corrected chi connectivity index (χ0v) is 17.1. The van der Waals surface area contributed by atoms with Gasteiger partial charge in [0.2, 0.25) is 0 Å². The minimum absolute atomic E-state index is 0. The molecule has 0 aliphatic carbocycles. The Hall–Kier alpha value is -0.530. The second-order valence-electron chi connectivity index (χ2n) is 6.59. The van der Waals surface area contributed by atoms with Gasteiger partial charge in [0.1, 0.15) is 0 Å². The number of rotatable bonds is 3. The molecule has 1 aromatic rings. The summed E-state index contributed by atoms with van der Waals surface area (Å²) in [5, 5.41) is 0.821. The zero-order valence-electron chi connectivity index (χ0n) is 14.0. The summed E-state index contributed by atoms with van der Waals surface area (Å²) in [7, 11) is 0. The Bertz CT molecular complexity index is 555. The number of nitrogens with two attached hydrogens (primary N) is 1. The molecule has 4 nitrogen and oxygen atoms in total. The Morgan fingerprint density at radius 2 is 1.83 bits per heavy atom. The summed E-state index contributed by atoms with van der Waals surface area (Å²) in [5.74, 6) is 0.683. The molecule has 2 N–H and O–H groups in total. The highest BCUT2D eigenvalue weighted by Crippen LogP contribution is 2.38. The fraction of sp³-hybridized carbons (Fsp3) is 0.611. The lowest BCUT2D eigenvalue weighted by atomic mass is 9.74. The topological polar surface area (TPSA) is 50.9 Å². The Morgan fingerprint density at radius 1 is 1.17 bits per heavy atom. The quantitative estimate of drug-likeness (QED) is 0.421. The van der Waals surface area contributed by atoms with E-state index in [0.29, 0.717) is 12.5 Å². The van der Waals surface area contributed by atoms with E-state index in [9.17, 15) is 0 Å². The van der Waals surface area contributed by atoms with Gasteiger partial charge in [0.25, 0.3) is 0 Å². The van der Waals surface area contributed by atoms with Gasteiger partial charge >= 0.3 is 0 Å². The standard InChI is InChI=1S/C18H26ClN3O.HI/c19-16-7-3-2-6-15(16)18(8-12-23-13-9-18)14-21-17(20)22-10-4-1-5-11-22;/h2-3,6-7H,1,4-5,8-14H2,(H2,20,21);1H. The van der Waals surface area contributed by atoms with Crippen molar-refractivity contribution >= 4 is 41.5 Å². The SMILES string of the molecule is I.NC(=NCC1(c2ccccc2Cl)CCOCC1)N1CCCCC1. The molecular weight excluding hydrogens is 437 g/mol. The van der Waals surface area contributed by atoms with Crippen molar-refractivity contribution in [3.8, 4) is 0 Å². The van der Waals surface area contributed by atoms with Crippen molar-refractivity contribution in [3.63, 3.8) is 0 Å². The molecule has 2 saturated heterocycles. The van der Waals surface area contributed by atoms with E-state index >= 15 is 0 Å². The number of hydrogen-bond donors (Lipinski definition) is 1. The molecule has 1 aromatic carbocycles. The van der Waals surface area contributed by atoms with E-state index in [1.165, 1.54) is 24.8 Å². The van der Waals surface area contributed by atoms with Crippen LogP contribution in [0.5, 0.6) is 0 Å².